The Morgan fingerprint density at radius 2 is 1.67 bits per heavy atom. The van der Waals surface area contributed by atoms with Gasteiger partial charge in [-0.1, -0.05) is 30.3 Å². The normalized spacial score (nSPS) is 19.7. The minimum Gasteiger partial charge on any atom is -0.356 e. The largest absolute Gasteiger partial charge is 0.356 e. The summed E-state index contributed by atoms with van der Waals surface area (Å²) in [5, 5.41) is 7.04. The van der Waals surface area contributed by atoms with E-state index in [1.807, 2.05) is 7.05 Å². The predicted molar refractivity (Wildman–Crippen MR) is 125 cm³/mol. The van der Waals surface area contributed by atoms with Gasteiger partial charge in [-0.25, -0.2) is 0 Å². The van der Waals surface area contributed by atoms with E-state index in [1.54, 1.807) is 0 Å². The molecule has 3 rings (SSSR count). The number of hydrogen-bond donors (Lipinski definition) is 2. The fourth-order valence-corrected chi connectivity index (χ4v) is 4.12. The Bertz CT molecular complexity index is 539. The summed E-state index contributed by atoms with van der Waals surface area (Å²) in [7, 11) is 1.86. The average molecular weight is 485 g/mol. The van der Waals surface area contributed by atoms with Crippen molar-refractivity contribution in [3.63, 3.8) is 0 Å². The van der Waals surface area contributed by atoms with Gasteiger partial charge in [-0.2, -0.15) is 0 Å². The van der Waals surface area contributed by atoms with Gasteiger partial charge in [0.05, 0.1) is 6.04 Å². The molecule has 0 amide bonds. The summed E-state index contributed by atoms with van der Waals surface area (Å²) in [6, 6.07) is 11.3. The highest BCUT2D eigenvalue weighted by Crippen LogP contribution is 2.24. The molecule has 0 bridgehead atoms. The summed E-state index contributed by atoms with van der Waals surface area (Å²) < 4.78 is 0. The monoisotopic (exact) mass is 485 g/mol. The maximum absolute atomic E-state index is 4.41. The molecule has 0 radical (unpaired) electrons. The van der Waals surface area contributed by atoms with E-state index < -0.39 is 0 Å². The average Bonchev–Trinajstić information content (AvgIpc) is 3.38. The lowest BCUT2D eigenvalue weighted by Gasteiger charge is -2.29. The summed E-state index contributed by atoms with van der Waals surface area (Å²) in [5.41, 5.74) is 1.39. The van der Waals surface area contributed by atoms with Gasteiger partial charge in [-0.3, -0.25) is 9.89 Å². The summed E-state index contributed by atoms with van der Waals surface area (Å²) in [4.78, 5) is 9.58. The van der Waals surface area contributed by atoms with Gasteiger partial charge in [0, 0.05) is 20.1 Å². The molecule has 2 heterocycles. The van der Waals surface area contributed by atoms with Crippen molar-refractivity contribution >= 4 is 29.9 Å². The van der Waals surface area contributed by atoms with Crippen LogP contribution >= 0.6 is 24.0 Å². The van der Waals surface area contributed by atoms with Gasteiger partial charge in [0.25, 0.3) is 0 Å². The van der Waals surface area contributed by atoms with Crippen molar-refractivity contribution in [1.82, 2.24) is 20.4 Å². The maximum Gasteiger partial charge on any atom is 0.191 e. The minimum atomic E-state index is 0. The van der Waals surface area contributed by atoms with Gasteiger partial charge in [-0.05, 0) is 70.4 Å². The van der Waals surface area contributed by atoms with Crippen LogP contribution in [0.25, 0.3) is 0 Å². The number of hydrogen-bond acceptors (Lipinski definition) is 3. The third kappa shape index (κ3) is 7.23. The molecule has 1 aromatic carbocycles. The smallest absolute Gasteiger partial charge is 0.191 e. The van der Waals surface area contributed by atoms with Crippen molar-refractivity contribution in [2.24, 2.45) is 4.99 Å². The van der Waals surface area contributed by atoms with Gasteiger partial charge in [-0.15, -0.1) is 24.0 Å². The van der Waals surface area contributed by atoms with Crippen LogP contribution < -0.4 is 10.6 Å². The van der Waals surface area contributed by atoms with Crippen LogP contribution in [0.15, 0.2) is 35.3 Å². The summed E-state index contributed by atoms with van der Waals surface area (Å²) >= 11 is 0. The van der Waals surface area contributed by atoms with E-state index in [2.05, 4.69) is 55.8 Å². The van der Waals surface area contributed by atoms with Crippen LogP contribution in [-0.2, 0) is 0 Å². The number of guanidine groups is 1. The van der Waals surface area contributed by atoms with Crippen molar-refractivity contribution in [3.05, 3.63) is 35.9 Å². The van der Waals surface area contributed by atoms with Crippen LogP contribution in [-0.4, -0.2) is 68.6 Å². The zero-order valence-electron chi connectivity index (χ0n) is 16.7. The van der Waals surface area contributed by atoms with E-state index in [0.717, 1.165) is 19.0 Å². The minimum absolute atomic E-state index is 0. The molecule has 2 saturated heterocycles. The highest BCUT2D eigenvalue weighted by Gasteiger charge is 2.23. The van der Waals surface area contributed by atoms with Crippen molar-refractivity contribution in [1.29, 1.82) is 0 Å². The summed E-state index contributed by atoms with van der Waals surface area (Å²) in [5.74, 6) is 0.923. The number of likely N-dealkylation sites (tertiary alicyclic amines) is 2. The van der Waals surface area contributed by atoms with Crippen LogP contribution in [0.5, 0.6) is 0 Å². The van der Waals surface area contributed by atoms with E-state index >= 15 is 0 Å². The number of aliphatic imine (C=N–C) groups is 1. The molecule has 5 nitrogen and oxygen atoms in total. The lowest BCUT2D eigenvalue weighted by atomic mass is 10.1. The van der Waals surface area contributed by atoms with Crippen molar-refractivity contribution in [2.45, 2.75) is 38.1 Å². The third-order valence-corrected chi connectivity index (χ3v) is 5.59. The number of halogens is 1. The molecule has 1 atom stereocenters. The second-order valence-corrected chi connectivity index (χ2v) is 7.45. The van der Waals surface area contributed by atoms with E-state index in [-0.39, 0.29) is 24.0 Å². The fourth-order valence-electron chi connectivity index (χ4n) is 4.12. The van der Waals surface area contributed by atoms with Gasteiger partial charge in [0.15, 0.2) is 5.96 Å². The van der Waals surface area contributed by atoms with Gasteiger partial charge >= 0.3 is 0 Å². The Kier molecular flexibility index (Phi) is 10.4. The number of rotatable bonds is 8. The first-order valence-corrected chi connectivity index (χ1v) is 10.3. The second kappa shape index (κ2) is 12.6. The van der Waals surface area contributed by atoms with E-state index in [4.69, 9.17) is 0 Å². The molecule has 1 unspecified atom stereocenters. The second-order valence-electron chi connectivity index (χ2n) is 7.45. The quantitative estimate of drug-likeness (QED) is 0.257. The molecule has 0 aliphatic carbocycles. The number of benzene rings is 1. The van der Waals surface area contributed by atoms with E-state index in [1.165, 1.54) is 70.4 Å². The van der Waals surface area contributed by atoms with Crippen LogP contribution in [0.4, 0.5) is 0 Å². The lowest BCUT2D eigenvalue weighted by Crippen LogP contribution is -2.43. The van der Waals surface area contributed by atoms with Crippen LogP contribution in [0.1, 0.15) is 43.7 Å². The Morgan fingerprint density at radius 3 is 2.33 bits per heavy atom. The Morgan fingerprint density at radius 1 is 1.00 bits per heavy atom. The molecule has 1 aromatic rings. The summed E-state index contributed by atoms with van der Waals surface area (Å²) in [6.45, 7) is 8.03. The van der Waals surface area contributed by atoms with Gasteiger partial charge < -0.3 is 15.5 Å². The first kappa shape index (κ1) is 22.4. The van der Waals surface area contributed by atoms with Crippen LogP contribution in [0.3, 0.4) is 0 Å². The zero-order chi connectivity index (χ0) is 18.0. The van der Waals surface area contributed by atoms with Crippen LogP contribution in [0.2, 0.25) is 0 Å². The molecule has 0 aromatic heterocycles. The van der Waals surface area contributed by atoms with E-state index in [9.17, 15) is 0 Å². The molecule has 2 aliphatic heterocycles. The van der Waals surface area contributed by atoms with Gasteiger partial charge in [0.2, 0.25) is 0 Å². The van der Waals surface area contributed by atoms with Crippen molar-refractivity contribution < 1.29 is 0 Å². The highest BCUT2D eigenvalue weighted by molar-refractivity contribution is 14.0. The molecule has 2 N–H and O–H groups in total. The van der Waals surface area contributed by atoms with Crippen molar-refractivity contribution in [3.8, 4) is 0 Å². The number of nitrogens with one attached hydrogen (secondary N) is 2. The Hall–Kier alpha value is -0.860. The lowest BCUT2D eigenvalue weighted by molar-refractivity contribution is 0.245. The zero-order valence-corrected chi connectivity index (χ0v) is 19.0. The SMILES string of the molecule is CN=C(NCCCN1CCCC1)NCC(c1ccccc1)N1CCCC1.I. The molecule has 152 valence electrons. The van der Waals surface area contributed by atoms with E-state index in [0.29, 0.717) is 6.04 Å². The predicted octanol–water partition coefficient (Wildman–Crippen LogP) is 3.09. The molecule has 6 heteroatoms. The molecule has 27 heavy (non-hydrogen) atoms. The summed E-state index contributed by atoms with van der Waals surface area (Å²) in [6.07, 6.45) is 6.54. The first-order valence-electron chi connectivity index (χ1n) is 10.3. The molecule has 0 saturated carbocycles. The number of nitrogens with zero attached hydrogens (tertiary/aromatic N) is 3. The molecule has 2 aliphatic rings. The Labute approximate surface area is 182 Å². The van der Waals surface area contributed by atoms with Crippen LogP contribution in [0, 0.1) is 0 Å². The topological polar surface area (TPSA) is 42.9 Å². The highest BCUT2D eigenvalue weighted by atomic mass is 127. The van der Waals surface area contributed by atoms with Gasteiger partial charge in [0.1, 0.15) is 0 Å². The van der Waals surface area contributed by atoms with Crippen molar-refractivity contribution in [2.75, 3.05) is 52.9 Å². The fraction of sp³-hybridized carbons (Fsp3) is 0.667. The molecule has 2 fully saturated rings. The third-order valence-electron chi connectivity index (χ3n) is 5.59. The Balaban J connectivity index is 0.00000261. The molecular formula is C21H36IN5. The first-order chi connectivity index (χ1) is 12.9. The molecular weight excluding hydrogens is 449 g/mol. The molecule has 0 spiro atoms. The standard InChI is InChI=1S/C21H35N5.HI/c1-22-21(23-12-9-15-25-13-5-6-14-25)24-18-20(26-16-7-8-17-26)19-10-3-2-4-11-19;/h2-4,10-11,20H,5-9,12-18H2,1H3,(H2,22,23,24);1H. The maximum atomic E-state index is 4.41.